The molecular formula is C16H24N2O2. The van der Waals surface area contributed by atoms with E-state index in [9.17, 15) is 4.79 Å². The number of ether oxygens (including phenoxy) is 1. The average molecular weight is 276 g/mol. The highest BCUT2D eigenvalue weighted by atomic mass is 16.5. The molecule has 0 saturated heterocycles. The summed E-state index contributed by atoms with van der Waals surface area (Å²) in [5, 5.41) is 2.90. The molecule has 0 aromatic heterocycles. The number of rotatable bonds is 6. The van der Waals surface area contributed by atoms with E-state index < -0.39 is 0 Å². The third-order valence-electron chi connectivity index (χ3n) is 3.57. The van der Waals surface area contributed by atoms with Crippen LogP contribution in [0.3, 0.4) is 0 Å². The van der Waals surface area contributed by atoms with Crippen molar-refractivity contribution >= 4 is 5.91 Å². The van der Waals surface area contributed by atoms with Gasteiger partial charge in [0.2, 0.25) is 0 Å². The fourth-order valence-corrected chi connectivity index (χ4v) is 2.38. The van der Waals surface area contributed by atoms with Gasteiger partial charge < -0.3 is 15.0 Å². The highest BCUT2D eigenvalue weighted by Gasteiger charge is 2.16. The van der Waals surface area contributed by atoms with E-state index in [0.29, 0.717) is 18.2 Å². The summed E-state index contributed by atoms with van der Waals surface area (Å²) in [6, 6.07) is 7.43. The molecule has 0 atom stereocenters. The summed E-state index contributed by atoms with van der Waals surface area (Å²) in [5.41, 5.74) is 0.683. The number of hydrogen-bond acceptors (Lipinski definition) is 3. The van der Waals surface area contributed by atoms with Gasteiger partial charge >= 0.3 is 0 Å². The maximum Gasteiger partial charge on any atom is 0.251 e. The van der Waals surface area contributed by atoms with Crippen molar-refractivity contribution in [3.05, 3.63) is 29.8 Å². The van der Waals surface area contributed by atoms with Gasteiger partial charge in [0.15, 0.2) is 0 Å². The van der Waals surface area contributed by atoms with Crippen LogP contribution in [0.4, 0.5) is 0 Å². The highest BCUT2D eigenvalue weighted by molar-refractivity contribution is 5.94. The molecule has 1 saturated carbocycles. The molecule has 4 nitrogen and oxygen atoms in total. The van der Waals surface area contributed by atoms with E-state index in [0.717, 1.165) is 25.1 Å². The zero-order valence-electron chi connectivity index (χ0n) is 12.4. The lowest BCUT2D eigenvalue weighted by atomic mass is 10.2. The minimum absolute atomic E-state index is 0.0285. The van der Waals surface area contributed by atoms with Gasteiger partial charge in [-0.1, -0.05) is 0 Å². The second kappa shape index (κ2) is 7.29. The highest BCUT2D eigenvalue weighted by Crippen LogP contribution is 2.24. The van der Waals surface area contributed by atoms with Gasteiger partial charge in [0.05, 0.1) is 6.10 Å². The van der Waals surface area contributed by atoms with Crippen molar-refractivity contribution < 1.29 is 9.53 Å². The Kier molecular flexibility index (Phi) is 5.41. The topological polar surface area (TPSA) is 41.6 Å². The standard InChI is InChI=1S/C16H24N2O2/c1-18(2)12-11-17-16(19)13-7-9-15(10-8-13)20-14-5-3-4-6-14/h7-10,14H,3-6,11-12H2,1-2H3,(H,17,19). The molecule has 1 aromatic rings. The molecule has 1 aliphatic rings. The Morgan fingerprint density at radius 3 is 2.50 bits per heavy atom. The predicted octanol–water partition coefficient (Wildman–Crippen LogP) is 2.30. The minimum atomic E-state index is -0.0285. The smallest absolute Gasteiger partial charge is 0.251 e. The number of carbonyl (C=O) groups is 1. The molecule has 20 heavy (non-hydrogen) atoms. The second-order valence-corrected chi connectivity index (χ2v) is 5.61. The van der Waals surface area contributed by atoms with Crippen molar-refractivity contribution in [1.82, 2.24) is 10.2 Å². The summed E-state index contributed by atoms with van der Waals surface area (Å²) in [6.45, 7) is 1.50. The third-order valence-corrected chi connectivity index (χ3v) is 3.57. The molecule has 0 heterocycles. The van der Waals surface area contributed by atoms with E-state index in [2.05, 4.69) is 5.32 Å². The van der Waals surface area contributed by atoms with Crippen LogP contribution in [0, 0.1) is 0 Å². The molecule has 0 aliphatic heterocycles. The number of carbonyl (C=O) groups excluding carboxylic acids is 1. The summed E-state index contributed by atoms with van der Waals surface area (Å²) < 4.78 is 5.88. The number of likely N-dealkylation sites (N-methyl/N-ethyl adjacent to an activating group) is 1. The van der Waals surface area contributed by atoms with Crippen LogP contribution in [0.2, 0.25) is 0 Å². The van der Waals surface area contributed by atoms with E-state index in [1.165, 1.54) is 12.8 Å². The van der Waals surface area contributed by atoms with Gasteiger partial charge in [-0.25, -0.2) is 0 Å². The van der Waals surface area contributed by atoms with Crippen LogP contribution >= 0.6 is 0 Å². The lowest BCUT2D eigenvalue weighted by Crippen LogP contribution is -2.31. The van der Waals surface area contributed by atoms with Gasteiger partial charge in [-0.15, -0.1) is 0 Å². The Morgan fingerprint density at radius 1 is 1.25 bits per heavy atom. The number of amides is 1. The predicted molar refractivity (Wildman–Crippen MR) is 80.2 cm³/mol. The van der Waals surface area contributed by atoms with E-state index in [-0.39, 0.29) is 5.91 Å². The Hall–Kier alpha value is -1.55. The molecule has 0 unspecified atom stereocenters. The first-order valence-corrected chi connectivity index (χ1v) is 7.35. The number of hydrogen-bond donors (Lipinski definition) is 1. The molecular weight excluding hydrogens is 252 g/mol. The van der Waals surface area contributed by atoms with E-state index in [1.54, 1.807) is 0 Å². The summed E-state index contributed by atoms with van der Waals surface area (Å²) in [4.78, 5) is 14.0. The lowest BCUT2D eigenvalue weighted by Gasteiger charge is -2.13. The van der Waals surface area contributed by atoms with Crippen molar-refractivity contribution in [2.45, 2.75) is 31.8 Å². The van der Waals surface area contributed by atoms with E-state index in [1.807, 2.05) is 43.3 Å². The van der Waals surface area contributed by atoms with Gasteiger partial charge in [0, 0.05) is 18.7 Å². The number of benzene rings is 1. The minimum Gasteiger partial charge on any atom is -0.490 e. The third kappa shape index (κ3) is 4.53. The molecule has 4 heteroatoms. The fourth-order valence-electron chi connectivity index (χ4n) is 2.38. The van der Waals surface area contributed by atoms with E-state index in [4.69, 9.17) is 4.74 Å². The first-order chi connectivity index (χ1) is 9.65. The number of nitrogens with zero attached hydrogens (tertiary/aromatic N) is 1. The zero-order valence-corrected chi connectivity index (χ0v) is 12.4. The Bertz CT molecular complexity index is 423. The fraction of sp³-hybridized carbons (Fsp3) is 0.562. The van der Waals surface area contributed by atoms with Crippen LogP contribution in [0.15, 0.2) is 24.3 Å². The first kappa shape index (κ1) is 14.9. The number of nitrogens with one attached hydrogen (secondary N) is 1. The molecule has 1 N–H and O–H groups in total. The van der Waals surface area contributed by atoms with Crippen LogP contribution in [0.1, 0.15) is 36.0 Å². The molecule has 2 rings (SSSR count). The first-order valence-electron chi connectivity index (χ1n) is 7.35. The SMILES string of the molecule is CN(C)CCNC(=O)c1ccc(OC2CCCC2)cc1. The van der Waals surface area contributed by atoms with Crippen LogP contribution in [-0.4, -0.2) is 44.1 Å². The molecule has 1 amide bonds. The molecule has 1 aliphatic carbocycles. The van der Waals surface area contributed by atoms with Gasteiger partial charge in [0.1, 0.15) is 5.75 Å². The normalized spacial score (nSPS) is 15.6. The second-order valence-electron chi connectivity index (χ2n) is 5.61. The molecule has 110 valence electrons. The van der Waals surface area contributed by atoms with Crippen molar-refractivity contribution in [2.24, 2.45) is 0 Å². The average Bonchev–Trinajstić information content (AvgIpc) is 2.92. The summed E-state index contributed by atoms with van der Waals surface area (Å²) in [5.74, 6) is 0.834. The molecule has 0 bridgehead atoms. The monoisotopic (exact) mass is 276 g/mol. The maximum atomic E-state index is 11.9. The summed E-state index contributed by atoms with van der Waals surface area (Å²) >= 11 is 0. The summed E-state index contributed by atoms with van der Waals surface area (Å²) in [7, 11) is 3.97. The lowest BCUT2D eigenvalue weighted by molar-refractivity contribution is 0.0951. The Labute approximate surface area is 121 Å². The maximum absolute atomic E-state index is 11.9. The van der Waals surface area contributed by atoms with Crippen LogP contribution in [-0.2, 0) is 0 Å². The quantitative estimate of drug-likeness (QED) is 0.867. The van der Waals surface area contributed by atoms with Crippen LogP contribution in [0.25, 0.3) is 0 Å². The Morgan fingerprint density at radius 2 is 1.90 bits per heavy atom. The molecule has 0 spiro atoms. The molecule has 0 radical (unpaired) electrons. The van der Waals surface area contributed by atoms with Crippen molar-refractivity contribution in [1.29, 1.82) is 0 Å². The van der Waals surface area contributed by atoms with E-state index >= 15 is 0 Å². The van der Waals surface area contributed by atoms with Crippen LogP contribution < -0.4 is 10.1 Å². The largest absolute Gasteiger partial charge is 0.490 e. The molecule has 1 aromatic carbocycles. The molecule has 1 fully saturated rings. The van der Waals surface area contributed by atoms with Crippen molar-refractivity contribution in [3.63, 3.8) is 0 Å². The van der Waals surface area contributed by atoms with Crippen molar-refractivity contribution in [2.75, 3.05) is 27.2 Å². The zero-order chi connectivity index (χ0) is 14.4. The van der Waals surface area contributed by atoms with Gasteiger partial charge in [-0.2, -0.15) is 0 Å². The van der Waals surface area contributed by atoms with Gasteiger partial charge in [0.25, 0.3) is 5.91 Å². The van der Waals surface area contributed by atoms with Gasteiger partial charge in [-0.3, -0.25) is 4.79 Å². The van der Waals surface area contributed by atoms with Gasteiger partial charge in [-0.05, 0) is 64.0 Å². The van der Waals surface area contributed by atoms with Crippen molar-refractivity contribution in [3.8, 4) is 5.75 Å². The Balaban J connectivity index is 1.82. The summed E-state index contributed by atoms with van der Waals surface area (Å²) in [6.07, 6.45) is 5.17. The van der Waals surface area contributed by atoms with Crippen LogP contribution in [0.5, 0.6) is 5.75 Å².